The number of likely N-dealkylation sites (tertiary alicyclic amines) is 1. The number of thiophene rings is 1. The van der Waals surface area contributed by atoms with E-state index in [1.807, 2.05) is 30.5 Å². The van der Waals surface area contributed by atoms with E-state index in [1.54, 1.807) is 19.3 Å². The molecule has 0 unspecified atom stereocenters. The molecule has 0 aliphatic carbocycles. The molecule has 0 amide bonds. The normalized spacial score (nSPS) is 13.9. The lowest BCUT2D eigenvalue weighted by Gasteiger charge is -2.15. The summed E-state index contributed by atoms with van der Waals surface area (Å²) in [5.41, 5.74) is 6.54. The van der Waals surface area contributed by atoms with Gasteiger partial charge >= 0.3 is 0 Å². The number of nitrogens with one attached hydrogen (secondary N) is 2. The topological polar surface area (TPSA) is 99.8 Å². The zero-order chi connectivity index (χ0) is 27.1. The Labute approximate surface area is 235 Å². The van der Waals surface area contributed by atoms with E-state index >= 15 is 0 Å². The summed E-state index contributed by atoms with van der Waals surface area (Å²) in [7, 11) is 0. The summed E-state index contributed by atoms with van der Waals surface area (Å²) in [6.45, 7) is 5.52. The minimum Gasteiger partial charge on any atom is -0.491 e. The Hall–Kier alpha value is -4.34. The molecular weight excluding hydrogens is 520 g/mol. The van der Waals surface area contributed by atoms with Gasteiger partial charge in [-0.1, -0.05) is 6.07 Å². The van der Waals surface area contributed by atoms with Crippen LogP contribution in [0.1, 0.15) is 29.4 Å². The Morgan fingerprint density at radius 3 is 2.70 bits per heavy atom. The van der Waals surface area contributed by atoms with Gasteiger partial charge in [-0.05, 0) is 80.9 Å². The number of carbonyl (C=O) groups is 1. The number of fused-ring (bicyclic) bond motifs is 2. The van der Waals surface area contributed by atoms with E-state index < -0.39 is 0 Å². The summed E-state index contributed by atoms with van der Waals surface area (Å²) in [4.78, 5) is 28.6. The number of carbonyl (C=O) groups excluding carboxylic acids is 1. The summed E-state index contributed by atoms with van der Waals surface area (Å²) < 4.78 is 6.04. The third-order valence-electron chi connectivity index (χ3n) is 7.47. The zero-order valence-corrected chi connectivity index (χ0v) is 22.9. The van der Waals surface area contributed by atoms with E-state index in [-0.39, 0.29) is 5.78 Å². The summed E-state index contributed by atoms with van der Waals surface area (Å²) in [5.74, 6) is 0.840. The maximum Gasteiger partial charge on any atom is 0.169 e. The van der Waals surface area contributed by atoms with Gasteiger partial charge in [0.05, 0.1) is 32.9 Å². The van der Waals surface area contributed by atoms with Gasteiger partial charge in [0.25, 0.3) is 0 Å². The van der Waals surface area contributed by atoms with Crippen LogP contribution in [0.3, 0.4) is 0 Å². The molecule has 6 aromatic rings. The van der Waals surface area contributed by atoms with Gasteiger partial charge in [-0.2, -0.15) is 5.10 Å². The summed E-state index contributed by atoms with van der Waals surface area (Å²) in [6.07, 6.45) is 7.99. The van der Waals surface area contributed by atoms with Crippen LogP contribution in [0.25, 0.3) is 54.9 Å². The van der Waals surface area contributed by atoms with Crippen molar-refractivity contribution in [3.63, 3.8) is 0 Å². The van der Waals surface area contributed by atoms with Gasteiger partial charge < -0.3 is 9.72 Å². The van der Waals surface area contributed by atoms with Crippen molar-refractivity contribution >= 4 is 38.9 Å². The number of hydrogen-bond donors (Lipinski definition) is 2. The van der Waals surface area contributed by atoms with Crippen molar-refractivity contribution in [2.75, 3.05) is 26.2 Å². The average molecular weight is 549 g/mol. The van der Waals surface area contributed by atoms with Crippen molar-refractivity contribution in [2.45, 2.75) is 19.8 Å². The highest BCUT2D eigenvalue weighted by molar-refractivity contribution is 7.17. The number of benzene rings is 1. The van der Waals surface area contributed by atoms with Crippen molar-refractivity contribution in [1.29, 1.82) is 0 Å². The second-order valence-electron chi connectivity index (χ2n) is 10.2. The molecule has 0 radical (unpaired) electrons. The molecular formula is C31H28N6O2S. The van der Waals surface area contributed by atoms with Crippen LogP contribution in [0.2, 0.25) is 0 Å². The monoisotopic (exact) mass is 548 g/mol. The Balaban J connectivity index is 1.20. The number of aromatic amines is 2. The SMILES string of the molecule is CC(=O)c1ccc(-c2nccc3[nH]c(-c4n[nH]c5ccc(-c6cncc(OCCN7CCCC7)c6)cc45)cc23)s1. The Morgan fingerprint density at radius 1 is 0.975 bits per heavy atom. The number of rotatable bonds is 8. The first-order valence-corrected chi connectivity index (χ1v) is 14.3. The fraction of sp³-hybridized carbons (Fsp3) is 0.226. The molecule has 40 heavy (non-hydrogen) atoms. The van der Waals surface area contributed by atoms with Crippen molar-refractivity contribution < 1.29 is 9.53 Å². The first-order chi connectivity index (χ1) is 19.6. The number of ketones is 1. The number of nitrogens with zero attached hydrogens (tertiary/aromatic N) is 4. The summed E-state index contributed by atoms with van der Waals surface area (Å²) >= 11 is 1.46. The van der Waals surface area contributed by atoms with Crippen molar-refractivity contribution in [3.05, 3.63) is 72.0 Å². The summed E-state index contributed by atoms with van der Waals surface area (Å²) in [5, 5.41) is 9.83. The number of H-pyrrole nitrogens is 2. The first-order valence-electron chi connectivity index (χ1n) is 13.5. The minimum absolute atomic E-state index is 0.0614. The number of hydrogen-bond acceptors (Lipinski definition) is 7. The van der Waals surface area contributed by atoms with Gasteiger partial charge in [0.1, 0.15) is 18.1 Å². The van der Waals surface area contributed by atoms with Crippen LogP contribution in [0.5, 0.6) is 5.75 Å². The molecule has 0 bridgehead atoms. The van der Waals surface area contributed by atoms with Gasteiger partial charge in [-0.3, -0.25) is 24.8 Å². The second-order valence-corrected chi connectivity index (χ2v) is 11.2. The molecule has 1 aliphatic rings. The van der Waals surface area contributed by atoms with E-state index in [2.05, 4.69) is 54.3 Å². The van der Waals surface area contributed by atoms with Crippen LogP contribution in [0.4, 0.5) is 0 Å². The molecule has 1 aromatic carbocycles. The minimum atomic E-state index is 0.0614. The lowest BCUT2D eigenvalue weighted by molar-refractivity contribution is 0.102. The van der Waals surface area contributed by atoms with Crippen molar-refractivity contribution in [1.82, 2.24) is 30.0 Å². The molecule has 1 aliphatic heterocycles. The highest BCUT2D eigenvalue weighted by Crippen LogP contribution is 2.36. The molecule has 1 saturated heterocycles. The number of Topliss-reactive ketones (excluding diaryl/α,β-unsaturated/α-hetero) is 1. The first kappa shape index (κ1) is 24.7. The van der Waals surface area contributed by atoms with Gasteiger partial charge in [0.15, 0.2) is 5.78 Å². The van der Waals surface area contributed by atoms with Gasteiger partial charge in [0, 0.05) is 40.8 Å². The fourth-order valence-corrected chi connectivity index (χ4v) is 6.30. The van der Waals surface area contributed by atoms with Crippen LogP contribution < -0.4 is 4.74 Å². The maximum absolute atomic E-state index is 11.8. The number of ether oxygens (including phenoxy) is 1. The molecule has 2 N–H and O–H groups in total. The fourth-order valence-electron chi connectivity index (χ4n) is 5.39. The largest absolute Gasteiger partial charge is 0.491 e. The van der Waals surface area contributed by atoms with Gasteiger partial charge in [-0.25, -0.2) is 0 Å². The van der Waals surface area contributed by atoms with E-state index in [1.165, 1.54) is 24.2 Å². The standard InChI is InChI=1S/C31H28N6O2S/c1-19(38)28-6-7-29(40-28)31-24-16-27(34-25(24)8-9-33-31)30-23-15-20(4-5-26(23)35-36-30)21-14-22(18-32-17-21)39-13-12-37-10-2-3-11-37/h4-9,14-18,34H,2-3,10-13H2,1H3,(H,35,36). The molecule has 1 fully saturated rings. The quantitative estimate of drug-likeness (QED) is 0.209. The lowest BCUT2D eigenvalue weighted by atomic mass is 10.0. The second kappa shape index (κ2) is 10.3. The van der Waals surface area contributed by atoms with Crippen LogP contribution in [0.15, 0.2) is 67.1 Å². The maximum atomic E-state index is 11.8. The zero-order valence-electron chi connectivity index (χ0n) is 22.1. The van der Waals surface area contributed by atoms with Crippen molar-refractivity contribution in [3.8, 4) is 38.8 Å². The van der Waals surface area contributed by atoms with E-state index in [0.29, 0.717) is 6.61 Å². The van der Waals surface area contributed by atoms with E-state index in [4.69, 9.17) is 4.74 Å². The Kier molecular flexibility index (Phi) is 6.37. The van der Waals surface area contributed by atoms with Crippen LogP contribution >= 0.6 is 11.3 Å². The Morgan fingerprint density at radius 2 is 1.85 bits per heavy atom. The lowest BCUT2D eigenvalue weighted by Crippen LogP contribution is -2.25. The summed E-state index contributed by atoms with van der Waals surface area (Å²) in [6, 6.07) is 16.2. The molecule has 0 spiro atoms. The predicted octanol–water partition coefficient (Wildman–Crippen LogP) is 6.57. The van der Waals surface area contributed by atoms with Crippen LogP contribution in [-0.4, -0.2) is 62.1 Å². The predicted molar refractivity (Wildman–Crippen MR) is 159 cm³/mol. The molecule has 0 saturated carbocycles. The van der Waals surface area contributed by atoms with Crippen LogP contribution in [-0.2, 0) is 0 Å². The van der Waals surface area contributed by atoms with E-state index in [9.17, 15) is 4.79 Å². The highest BCUT2D eigenvalue weighted by Gasteiger charge is 2.17. The van der Waals surface area contributed by atoms with Crippen LogP contribution in [0, 0.1) is 0 Å². The van der Waals surface area contributed by atoms with Gasteiger partial charge in [0.2, 0.25) is 0 Å². The van der Waals surface area contributed by atoms with E-state index in [0.717, 1.165) is 85.2 Å². The highest BCUT2D eigenvalue weighted by atomic mass is 32.1. The Bertz CT molecular complexity index is 1850. The number of pyridine rings is 2. The molecule has 200 valence electrons. The molecule has 8 nitrogen and oxygen atoms in total. The third kappa shape index (κ3) is 4.67. The number of aromatic nitrogens is 5. The molecule has 6 heterocycles. The molecule has 9 heteroatoms. The molecule has 7 rings (SSSR count). The smallest absolute Gasteiger partial charge is 0.169 e. The van der Waals surface area contributed by atoms with Gasteiger partial charge in [-0.15, -0.1) is 11.3 Å². The molecule has 5 aromatic heterocycles. The molecule has 0 atom stereocenters. The third-order valence-corrected chi connectivity index (χ3v) is 8.67. The average Bonchev–Trinajstić information content (AvgIpc) is 3.78. The van der Waals surface area contributed by atoms with Crippen molar-refractivity contribution in [2.24, 2.45) is 0 Å².